The zero-order valence-electron chi connectivity index (χ0n) is 20.4. The molecule has 1 saturated heterocycles. The minimum absolute atomic E-state index is 0.192. The van der Waals surface area contributed by atoms with Crippen molar-refractivity contribution < 1.29 is 18.0 Å². The molecule has 1 aliphatic heterocycles. The molecule has 36 heavy (non-hydrogen) atoms. The maximum absolute atomic E-state index is 12.8. The van der Waals surface area contributed by atoms with Gasteiger partial charge in [0.25, 0.3) is 5.91 Å². The molecule has 1 amide bonds. The van der Waals surface area contributed by atoms with Crippen molar-refractivity contribution >= 4 is 28.4 Å². The van der Waals surface area contributed by atoms with Crippen LogP contribution in [0.15, 0.2) is 52.8 Å². The van der Waals surface area contributed by atoms with Gasteiger partial charge in [-0.25, -0.2) is 0 Å². The lowest BCUT2D eigenvalue weighted by Gasteiger charge is -2.16. The number of thioether (sulfide) groups is 1. The third-order valence-electron chi connectivity index (χ3n) is 7.00. The minimum Gasteiger partial charge on any atom is -0.364 e. The van der Waals surface area contributed by atoms with Crippen LogP contribution in [-0.2, 0) is 6.18 Å². The molecule has 0 radical (unpaired) electrons. The van der Waals surface area contributed by atoms with Gasteiger partial charge in [0, 0.05) is 24.1 Å². The van der Waals surface area contributed by atoms with Crippen LogP contribution in [0.4, 0.5) is 13.2 Å². The van der Waals surface area contributed by atoms with E-state index >= 15 is 0 Å². The van der Waals surface area contributed by atoms with Crippen molar-refractivity contribution in [3.63, 3.8) is 0 Å². The Morgan fingerprint density at radius 1 is 1.22 bits per heavy atom. The van der Waals surface area contributed by atoms with E-state index in [4.69, 9.17) is 5.73 Å². The number of nitrogens with two attached hydrogens (primary N) is 1. The van der Waals surface area contributed by atoms with Crippen molar-refractivity contribution in [3.8, 4) is 0 Å². The Hall–Kier alpha value is -2.72. The summed E-state index contributed by atoms with van der Waals surface area (Å²) in [7, 11) is 0. The Kier molecular flexibility index (Phi) is 7.85. The second-order valence-corrected chi connectivity index (χ2v) is 10.9. The predicted octanol–water partition coefficient (Wildman–Crippen LogP) is 5.34. The average Bonchev–Trinajstić information content (AvgIpc) is 3.40. The van der Waals surface area contributed by atoms with E-state index in [0.29, 0.717) is 11.6 Å². The molecule has 1 spiro atoms. The number of carbonyl (C=O) groups is 1. The number of amides is 1. The molecule has 2 fully saturated rings. The van der Waals surface area contributed by atoms with Crippen molar-refractivity contribution in [2.24, 2.45) is 21.4 Å². The van der Waals surface area contributed by atoms with Crippen LogP contribution in [0.3, 0.4) is 0 Å². The SMILES string of the molecule is C/C(=N\N=C(/C)c1ccnc(C(N)=O)c1)SCCCN1CCC2(CC2c2ccc(C(F)(F)F)cc2)C1. The smallest absolute Gasteiger partial charge is 0.364 e. The van der Waals surface area contributed by atoms with Gasteiger partial charge in [-0.15, -0.1) is 16.9 Å². The second-order valence-electron chi connectivity index (χ2n) is 9.57. The molecule has 2 unspecified atom stereocenters. The zero-order valence-corrected chi connectivity index (χ0v) is 21.2. The van der Waals surface area contributed by atoms with Crippen LogP contribution in [-0.4, -0.2) is 51.9 Å². The maximum Gasteiger partial charge on any atom is 0.416 e. The Morgan fingerprint density at radius 2 is 1.97 bits per heavy atom. The van der Waals surface area contributed by atoms with Gasteiger partial charge in [-0.1, -0.05) is 12.1 Å². The van der Waals surface area contributed by atoms with Crippen LogP contribution < -0.4 is 5.73 Å². The van der Waals surface area contributed by atoms with E-state index in [2.05, 4.69) is 20.1 Å². The largest absolute Gasteiger partial charge is 0.416 e. The molecule has 2 aromatic rings. The number of primary amides is 1. The zero-order chi connectivity index (χ0) is 25.9. The van der Waals surface area contributed by atoms with Gasteiger partial charge >= 0.3 is 6.18 Å². The Bertz CT molecular complexity index is 1160. The van der Waals surface area contributed by atoms with Crippen LogP contribution in [0.25, 0.3) is 0 Å². The van der Waals surface area contributed by atoms with Crippen molar-refractivity contribution in [2.45, 2.75) is 45.2 Å². The first-order chi connectivity index (χ1) is 17.1. The van der Waals surface area contributed by atoms with Crippen molar-refractivity contribution in [3.05, 3.63) is 65.0 Å². The van der Waals surface area contributed by atoms with Crippen molar-refractivity contribution in [1.29, 1.82) is 0 Å². The lowest BCUT2D eigenvalue weighted by molar-refractivity contribution is -0.137. The highest BCUT2D eigenvalue weighted by molar-refractivity contribution is 8.13. The van der Waals surface area contributed by atoms with E-state index < -0.39 is 17.6 Å². The number of benzene rings is 1. The summed E-state index contributed by atoms with van der Waals surface area (Å²) in [6, 6.07) is 9.07. The molecule has 192 valence electrons. The molecule has 2 N–H and O–H groups in total. The molecule has 4 rings (SSSR count). The first-order valence-corrected chi connectivity index (χ1v) is 12.9. The van der Waals surface area contributed by atoms with Gasteiger partial charge in [0.05, 0.1) is 16.3 Å². The molecule has 2 atom stereocenters. The lowest BCUT2D eigenvalue weighted by atomic mass is 9.97. The summed E-state index contributed by atoms with van der Waals surface area (Å²) in [5.41, 5.74) is 7.57. The number of aromatic nitrogens is 1. The normalized spacial score (nSPS) is 22.9. The number of hydrogen-bond donors (Lipinski definition) is 1. The number of rotatable bonds is 8. The van der Waals surface area contributed by atoms with Crippen molar-refractivity contribution in [2.75, 3.05) is 25.4 Å². The van der Waals surface area contributed by atoms with Crippen molar-refractivity contribution in [1.82, 2.24) is 9.88 Å². The highest BCUT2D eigenvalue weighted by Crippen LogP contribution is 2.64. The lowest BCUT2D eigenvalue weighted by Crippen LogP contribution is -2.23. The number of pyridine rings is 1. The molecule has 1 aromatic carbocycles. The maximum atomic E-state index is 12.8. The van der Waals surface area contributed by atoms with Gasteiger partial charge < -0.3 is 10.6 Å². The summed E-state index contributed by atoms with van der Waals surface area (Å²) in [6.45, 7) is 6.79. The van der Waals surface area contributed by atoms with Gasteiger partial charge in [-0.05, 0) is 87.4 Å². The van der Waals surface area contributed by atoms with Crippen LogP contribution in [0.2, 0.25) is 0 Å². The molecule has 10 heteroatoms. The second kappa shape index (κ2) is 10.7. The Balaban J connectivity index is 1.20. The van der Waals surface area contributed by atoms with E-state index in [9.17, 15) is 18.0 Å². The standard InChI is InChI=1S/C26H30F3N5OS/c1-17(20-8-10-31-23(14-20)24(30)35)32-33-18(2)36-13-3-11-34-12-9-25(16-34)15-22(25)19-4-6-21(7-5-19)26(27,28)29/h4-8,10,14,22H,3,9,11-13,15-16H2,1-2H3,(H2,30,35)/b32-17+,33-18+. The van der Waals surface area contributed by atoms with E-state index in [1.807, 2.05) is 13.8 Å². The van der Waals surface area contributed by atoms with Gasteiger partial charge in [-0.2, -0.15) is 18.3 Å². The molecular weight excluding hydrogens is 487 g/mol. The predicted molar refractivity (Wildman–Crippen MR) is 137 cm³/mol. The first kappa shape index (κ1) is 26.3. The molecule has 1 aromatic heterocycles. The summed E-state index contributed by atoms with van der Waals surface area (Å²) in [6.07, 6.45) is 0.424. The first-order valence-electron chi connectivity index (χ1n) is 11.9. The number of hydrogen-bond acceptors (Lipinski definition) is 6. The molecule has 6 nitrogen and oxygen atoms in total. The minimum atomic E-state index is -4.29. The fourth-order valence-electron chi connectivity index (χ4n) is 4.88. The Morgan fingerprint density at radius 3 is 2.67 bits per heavy atom. The molecule has 1 aliphatic carbocycles. The van der Waals surface area contributed by atoms with Gasteiger partial charge in [-0.3, -0.25) is 9.78 Å². The summed E-state index contributed by atoms with van der Waals surface area (Å²) in [5, 5.41) is 9.42. The number of likely N-dealkylation sites (tertiary alicyclic amines) is 1. The quantitative estimate of drug-likeness (QED) is 0.222. The highest BCUT2D eigenvalue weighted by atomic mass is 32.2. The fraction of sp³-hybridized carbons (Fsp3) is 0.462. The van der Waals surface area contributed by atoms with Crippen LogP contribution in [0.1, 0.15) is 66.2 Å². The number of halogens is 3. The molecule has 2 heterocycles. The Labute approximate surface area is 213 Å². The summed E-state index contributed by atoms with van der Waals surface area (Å²) in [4.78, 5) is 17.7. The van der Waals surface area contributed by atoms with Gasteiger partial charge in [0.2, 0.25) is 0 Å². The topological polar surface area (TPSA) is 83.9 Å². The van der Waals surface area contributed by atoms with E-state index in [1.165, 1.54) is 18.3 Å². The summed E-state index contributed by atoms with van der Waals surface area (Å²) >= 11 is 1.66. The molecule has 0 bridgehead atoms. The number of nitrogens with zero attached hydrogens (tertiary/aromatic N) is 4. The highest BCUT2D eigenvalue weighted by Gasteiger charge is 2.57. The van der Waals surface area contributed by atoms with E-state index in [1.54, 1.807) is 36.0 Å². The molecular formula is C26H30F3N5OS. The van der Waals surface area contributed by atoms with Gasteiger partial charge in [0.15, 0.2) is 0 Å². The number of alkyl halides is 3. The summed E-state index contributed by atoms with van der Waals surface area (Å²) < 4.78 is 38.5. The average molecular weight is 518 g/mol. The van der Waals surface area contributed by atoms with E-state index in [-0.39, 0.29) is 11.1 Å². The number of carbonyl (C=O) groups excluding carboxylic acids is 1. The molecule has 1 saturated carbocycles. The third kappa shape index (κ3) is 6.34. The van der Waals surface area contributed by atoms with E-state index in [0.717, 1.165) is 60.8 Å². The summed E-state index contributed by atoms with van der Waals surface area (Å²) in [5.74, 6) is 0.714. The monoisotopic (exact) mass is 517 g/mol. The van der Waals surface area contributed by atoms with Crippen LogP contribution in [0, 0.1) is 5.41 Å². The van der Waals surface area contributed by atoms with Crippen LogP contribution >= 0.6 is 11.8 Å². The van der Waals surface area contributed by atoms with Gasteiger partial charge in [0.1, 0.15) is 5.69 Å². The molecule has 2 aliphatic rings. The fourth-order valence-corrected chi connectivity index (χ4v) is 5.55. The van der Waals surface area contributed by atoms with Crippen LogP contribution in [0.5, 0.6) is 0 Å². The third-order valence-corrected chi connectivity index (χ3v) is 7.99.